The van der Waals surface area contributed by atoms with Gasteiger partial charge in [0.2, 0.25) is 0 Å². The summed E-state index contributed by atoms with van der Waals surface area (Å²) in [5.41, 5.74) is 2.47. The monoisotopic (exact) mass is 313 g/mol. The summed E-state index contributed by atoms with van der Waals surface area (Å²) in [7, 11) is 0. The molecular formula is C18H20FN3O. The largest absolute Gasteiger partial charge is 0.372 e. The second kappa shape index (κ2) is 7.13. The smallest absolute Gasteiger partial charge is 0.323 e. The number of hydrogen-bond acceptors (Lipinski definition) is 2. The summed E-state index contributed by atoms with van der Waals surface area (Å²) >= 11 is 0. The molecule has 0 aliphatic carbocycles. The number of nitrogens with zero attached hydrogens (tertiary/aromatic N) is 1. The third-order valence-electron chi connectivity index (χ3n) is 3.95. The van der Waals surface area contributed by atoms with E-state index < -0.39 is 0 Å². The molecule has 1 aliphatic heterocycles. The van der Waals surface area contributed by atoms with E-state index in [1.807, 2.05) is 24.3 Å². The zero-order valence-electron chi connectivity index (χ0n) is 12.9. The number of amides is 2. The molecule has 0 aromatic heterocycles. The van der Waals surface area contributed by atoms with Crippen LogP contribution in [0.2, 0.25) is 0 Å². The molecule has 1 saturated heterocycles. The van der Waals surface area contributed by atoms with Gasteiger partial charge in [-0.3, -0.25) is 0 Å². The predicted octanol–water partition coefficient (Wildman–Crippen LogP) is 4.46. The highest BCUT2D eigenvalue weighted by atomic mass is 19.1. The Kier molecular flexibility index (Phi) is 4.76. The Labute approximate surface area is 135 Å². The number of carbonyl (C=O) groups excluding carboxylic acids is 1. The first-order chi connectivity index (χ1) is 11.2. The zero-order valence-corrected chi connectivity index (χ0v) is 12.9. The van der Waals surface area contributed by atoms with Gasteiger partial charge in [0, 0.05) is 30.2 Å². The number of piperidine rings is 1. The third-order valence-corrected chi connectivity index (χ3v) is 3.95. The molecule has 0 radical (unpaired) electrons. The van der Waals surface area contributed by atoms with E-state index in [0.29, 0.717) is 5.69 Å². The Morgan fingerprint density at radius 3 is 1.91 bits per heavy atom. The highest BCUT2D eigenvalue weighted by molar-refractivity contribution is 5.99. The van der Waals surface area contributed by atoms with Crippen molar-refractivity contribution in [2.24, 2.45) is 0 Å². The number of carbonyl (C=O) groups is 1. The Bertz CT molecular complexity index is 649. The lowest BCUT2D eigenvalue weighted by molar-refractivity contribution is 0.262. The molecule has 0 unspecified atom stereocenters. The molecule has 5 heteroatoms. The van der Waals surface area contributed by atoms with Crippen LogP contribution < -0.4 is 15.5 Å². The van der Waals surface area contributed by atoms with Crippen molar-refractivity contribution < 1.29 is 9.18 Å². The van der Waals surface area contributed by atoms with Gasteiger partial charge in [0.1, 0.15) is 5.82 Å². The normalized spacial score (nSPS) is 14.4. The number of urea groups is 1. The molecular weight excluding hydrogens is 293 g/mol. The third kappa shape index (κ3) is 4.22. The van der Waals surface area contributed by atoms with Crippen molar-refractivity contribution in [3.05, 3.63) is 54.3 Å². The quantitative estimate of drug-likeness (QED) is 0.878. The highest BCUT2D eigenvalue weighted by Gasteiger charge is 2.10. The molecule has 2 N–H and O–H groups in total. The minimum atomic E-state index is -0.345. The van der Waals surface area contributed by atoms with Gasteiger partial charge >= 0.3 is 6.03 Å². The van der Waals surface area contributed by atoms with Crippen LogP contribution in [0.5, 0.6) is 0 Å². The van der Waals surface area contributed by atoms with Gasteiger partial charge in [0.25, 0.3) is 0 Å². The fourth-order valence-corrected chi connectivity index (χ4v) is 2.73. The Morgan fingerprint density at radius 1 is 0.826 bits per heavy atom. The molecule has 1 aliphatic rings. The van der Waals surface area contributed by atoms with Gasteiger partial charge in [-0.25, -0.2) is 9.18 Å². The van der Waals surface area contributed by atoms with Crippen LogP contribution in [-0.2, 0) is 0 Å². The first kappa shape index (κ1) is 15.3. The molecule has 2 aromatic carbocycles. The van der Waals surface area contributed by atoms with E-state index in [1.165, 1.54) is 49.2 Å². The van der Waals surface area contributed by atoms with Crippen LogP contribution in [0, 0.1) is 5.82 Å². The summed E-state index contributed by atoms with van der Waals surface area (Å²) in [6.45, 7) is 2.19. The summed E-state index contributed by atoms with van der Waals surface area (Å²) in [5, 5.41) is 5.44. The van der Waals surface area contributed by atoms with E-state index in [0.717, 1.165) is 18.8 Å². The predicted molar refractivity (Wildman–Crippen MR) is 91.5 cm³/mol. The van der Waals surface area contributed by atoms with Crippen LogP contribution in [0.15, 0.2) is 48.5 Å². The number of rotatable bonds is 3. The van der Waals surface area contributed by atoms with Gasteiger partial charge in [-0.1, -0.05) is 0 Å². The number of halogens is 1. The SMILES string of the molecule is O=C(Nc1ccc(F)cc1)Nc1ccc(N2CCCCC2)cc1. The molecule has 3 rings (SSSR count). The number of hydrogen-bond donors (Lipinski definition) is 2. The van der Waals surface area contributed by atoms with Crippen molar-refractivity contribution >= 4 is 23.1 Å². The lowest BCUT2D eigenvalue weighted by Gasteiger charge is -2.28. The molecule has 2 amide bonds. The molecule has 4 nitrogen and oxygen atoms in total. The van der Waals surface area contributed by atoms with Crippen LogP contribution in [0.25, 0.3) is 0 Å². The van der Waals surface area contributed by atoms with E-state index in [1.54, 1.807) is 0 Å². The van der Waals surface area contributed by atoms with Gasteiger partial charge < -0.3 is 15.5 Å². The number of nitrogens with one attached hydrogen (secondary N) is 2. The Hall–Kier alpha value is -2.56. The van der Waals surface area contributed by atoms with Gasteiger partial charge in [-0.2, -0.15) is 0 Å². The fraction of sp³-hybridized carbons (Fsp3) is 0.278. The van der Waals surface area contributed by atoms with Crippen molar-refractivity contribution in [1.82, 2.24) is 0 Å². The lowest BCUT2D eigenvalue weighted by atomic mass is 10.1. The first-order valence-corrected chi connectivity index (χ1v) is 7.89. The molecule has 1 heterocycles. The van der Waals surface area contributed by atoms with Crippen molar-refractivity contribution in [3.8, 4) is 0 Å². The highest BCUT2D eigenvalue weighted by Crippen LogP contribution is 2.22. The maximum atomic E-state index is 12.8. The van der Waals surface area contributed by atoms with Gasteiger partial charge in [-0.05, 0) is 67.8 Å². The maximum absolute atomic E-state index is 12.8. The van der Waals surface area contributed by atoms with E-state index in [2.05, 4.69) is 15.5 Å². The van der Waals surface area contributed by atoms with Crippen LogP contribution in [0.4, 0.5) is 26.2 Å². The van der Waals surface area contributed by atoms with Crippen molar-refractivity contribution in [2.75, 3.05) is 28.6 Å². The first-order valence-electron chi connectivity index (χ1n) is 7.89. The van der Waals surface area contributed by atoms with Crippen molar-refractivity contribution in [1.29, 1.82) is 0 Å². The second-order valence-corrected chi connectivity index (χ2v) is 5.68. The van der Waals surface area contributed by atoms with Crippen molar-refractivity contribution in [2.45, 2.75) is 19.3 Å². The minimum Gasteiger partial charge on any atom is -0.372 e. The fourth-order valence-electron chi connectivity index (χ4n) is 2.73. The molecule has 0 spiro atoms. The average Bonchev–Trinajstić information content (AvgIpc) is 2.58. The Morgan fingerprint density at radius 2 is 1.35 bits per heavy atom. The van der Waals surface area contributed by atoms with Crippen LogP contribution in [-0.4, -0.2) is 19.1 Å². The standard InChI is InChI=1S/C18H20FN3O/c19-14-4-6-15(7-5-14)20-18(23)21-16-8-10-17(11-9-16)22-12-2-1-3-13-22/h4-11H,1-3,12-13H2,(H2,20,21,23). The summed E-state index contributed by atoms with van der Waals surface area (Å²) < 4.78 is 12.8. The molecule has 2 aromatic rings. The summed E-state index contributed by atoms with van der Waals surface area (Å²) in [5.74, 6) is -0.329. The molecule has 0 atom stereocenters. The number of benzene rings is 2. The summed E-state index contributed by atoms with van der Waals surface area (Å²) in [6.07, 6.45) is 3.78. The molecule has 0 bridgehead atoms. The molecule has 0 saturated carbocycles. The van der Waals surface area contributed by atoms with Gasteiger partial charge in [0.15, 0.2) is 0 Å². The molecule has 1 fully saturated rings. The van der Waals surface area contributed by atoms with E-state index in [-0.39, 0.29) is 11.8 Å². The lowest BCUT2D eigenvalue weighted by Crippen LogP contribution is -2.29. The zero-order chi connectivity index (χ0) is 16.1. The van der Waals surface area contributed by atoms with E-state index >= 15 is 0 Å². The average molecular weight is 313 g/mol. The van der Waals surface area contributed by atoms with E-state index in [9.17, 15) is 9.18 Å². The summed E-state index contributed by atoms with van der Waals surface area (Å²) in [6, 6.07) is 13.2. The van der Waals surface area contributed by atoms with Crippen LogP contribution in [0.1, 0.15) is 19.3 Å². The maximum Gasteiger partial charge on any atom is 0.323 e. The molecule has 120 valence electrons. The van der Waals surface area contributed by atoms with Gasteiger partial charge in [-0.15, -0.1) is 0 Å². The van der Waals surface area contributed by atoms with E-state index in [4.69, 9.17) is 0 Å². The van der Waals surface area contributed by atoms with Crippen molar-refractivity contribution in [3.63, 3.8) is 0 Å². The second-order valence-electron chi connectivity index (χ2n) is 5.68. The summed E-state index contributed by atoms with van der Waals surface area (Å²) in [4.78, 5) is 14.3. The Balaban J connectivity index is 1.57. The van der Waals surface area contributed by atoms with Gasteiger partial charge in [0.05, 0.1) is 0 Å². The topological polar surface area (TPSA) is 44.4 Å². The molecule has 23 heavy (non-hydrogen) atoms. The number of anilines is 3. The van der Waals surface area contributed by atoms with Crippen LogP contribution in [0.3, 0.4) is 0 Å². The van der Waals surface area contributed by atoms with Crippen LogP contribution >= 0.6 is 0 Å². The minimum absolute atomic E-state index is 0.329.